The standard InChI is InChI=1S/C19H13BrO.C12H6BrIO.C12H7IO.C12H8O.C7H9BO2/c1-12-5-2-3-6-14(12)15-7-4-8-16-17-11-13(20)9-10-18(17)21-19(15)16;13-7-4-5-11-9(6-7)8-2-1-3-10(14)12(8)15-11;13-10-6-3-5-9-8-4-1-2-7-11(8)14-12(9)10;1-3-7-11-9(5-1)10-6-2-4-8-12(10)13-11;1-6-4-2-3-5-7(6)8(9)10/h2-11H,1H3;1-6H;1-7H;1-8H;2-5,9-10H,1H3. The normalized spacial score (nSPS) is 11.0. The van der Waals surface area contributed by atoms with Crippen molar-refractivity contribution in [1.29, 1.82) is 0 Å². The molecule has 358 valence electrons. The zero-order chi connectivity index (χ0) is 50.6. The molecular weight excluding hydrogens is 1270 g/mol. The largest absolute Gasteiger partial charge is 0.488 e. The molecule has 14 aromatic rings. The SMILES string of the molecule is Brc1ccc2oc3c(I)cccc3c2c1.Cc1ccccc1-c1cccc2c1oc1ccc(Br)cc12.Cc1ccccc1B(O)O.Ic1cccc2c1oc1ccccc12.c1ccc2c(c1)oc1ccccc12. The van der Waals surface area contributed by atoms with Gasteiger partial charge in [0.05, 0.1) is 7.14 Å². The van der Waals surface area contributed by atoms with Gasteiger partial charge in [-0.1, -0.05) is 183 Å². The molecule has 0 atom stereocenters. The van der Waals surface area contributed by atoms with Gasteiger partial charge in [-0.05, 0) is 142 Å². The predicted molar refractivity (Wildman–Crippen MR) is 327 cm³/mol. The summed E-state index contributed by atoms with van der Waals surface area (Å²) in [6.45, 7) is 3.97. The maximum atomic E-state index is 8.76. The minimum Gasteiger partial charge on any atom is -0.456 e. The average Bonchev–Trinajstić information content (AvgIpc) is 4.19. The van der Waals surface area contributed by atoms with Crippen molar-refractivity contribution >= 4 is 177 Å². The molecule has 4 heterocycles. The second-order valence-corrected chi connectivity index (χ2v) is 21.3. The van der Waals surface area contributed by atoms with Gasteiger partial charge in [0.1, 0.15) is 44.7 Å². The summed E-state index contributed by atoms with van der Waals surface area (Å²) < 4.78 is 27.8. The molecule has 0 fully saturated rings. The van der Waals surface area contributed by atoms with Gasteiger partial charge in [-0.3, -0.25) is 0 Å². The lowest BCUT2D eigenvalue weighted by Gasteiger charge is -2.06. The van der Waals surface area contributed by atoms with Crippen molar-refractivity contribution in [2.24, 2.45) is 0 Å². The molecule has 4 aromatic heterocycles. The predicted octanol–water partition coefficient (Wildman–Crippen LogP) is 18.7. The van der Waals surface area contributed by atoms with E-state index in [-0.39, 0.29) is 0 Å². The van der Waals surface area contributed by atoms with E-state index >= 15 is 0 Å². The Morgan fingerprint density at radius 1 is 0.342 bits per heavy atom. The Kier molecular flexibility index (Phi) is 15.5. The quantitative estimate of drug-likeness (QED) is 0.132. The molecule has 11 heteroatoms. The molecule has 0 radical (unpaired) electrons. The number of hydrogen-bond donors (Lipinski definition) is 2. The highest BCUT2D eigenvalue weighted by molar-refractivity contribution is 14.1. The van der Waals surface area contributed by atoms with Crippen LogP contribution in [-0.4, -0.2) is 17.2 Å². The van der Waals surface area contributed by atoms with Gasteiger partial charge in [0.25, 0.3) is 0 Å². The second kappa shape index (κ2) is 22.5. The van der Waals surface area contributed by atoms with Gasteiger partial charge in [-0.25, -0.2) is 0 Å². The first-order valence-electron chi connectivity index (χ1n) is 23.3. The molecule has 0 saturated heterocycles. The van der Waals surface area contributed by atoms with Gasteiger partial charge in [0.15, 0.2) is 0 Å². The number of fused-ring (bicyclic) bond motifs is 12. The van der Waals surface area contributed by atoms with E-state index in [1.165, 1.54) is 38.1 Å². The summed E-state index contributed by atoms with van der Waals surface area (Å²) in [7, 11) is -1.35. The average molecular weight is 1310 g/mol. The van der Waals surface area contributed by atoms with Gasteiger partial charge in [0, 0.05) is 57.6 Å². The van der Waals surface area contributed by atoms with E-state index in [1.807, 2.05) is 97.9 Å². The van der Waals surface area contributed by atoms with Crippen LogP contribution in [0.25, 0.3) is 98.9 Å². The molecule has 10 aromatic carbocycles. The molecule has 73 heavy (non-hydrogen) atoms. The third kappa shape index (κ3) is 10.9. The highest BCUT2D eigenvalue weighted by Crippen LogP contribution is 2.38. The highest BCUT2D eigenvalue weighted by atomic mass is 127. The summed E-state index contributed by atoms with van der Waals surface area (Å²) in [5.74, 6) is 0. The van der Waals surface area contributed by atoms with E-state index < -0.39 is 7.12 Å². The lowest BCUT2D eigenvalue weighted by atomic mass is 9.77. The van der Waals surface area contributed by atoms with E-state index in [4.69, 9.17) is 27.7 Å². The minimum atomic E-state index is -1.35. The summed E-state index contributed by atoms with van der Waals surface area (Å²) in [6, 6.07) is 70.9. The van der Waals surface area contributed by atoms with Crippen molar-refractivity contribution in [1.82, 2.24) is 0 Å². The van der Waals surface area contributed by atoms with Crippen LogP contribution in [0.5, 0.6) is 0 Å². The van der Waals surface area contributed by atoms with E-state index in [0.29, 0.717) is 5.46 Å². The smallest absolute Gasteiger partial charge is 0.456 e. The number of halogens is 4. The van der Waals surface area contributed by atoms with Gasteiger partial charge in [-0.15, -0.1) is 0 Å². The van der Waals surface area contributed by atoms with E-state index in [0.717, 1.165) is 88.0 Å². The first-order valence-corrected chi connectivity index (χ1v) is 27.0. The molecule has 0 unspecified atom stereocenters. The van der Waals surface area contributed by atoms with Crippen molar-refractivity contribution in [3.05, 3.63) is 240 Å². The lowest BCUT2D eigenvalue weighted by molar-refractivity contribution is 0.425. The molecule has 0 aliphatic heterocycles. The van der Waals surface area contributed by atoms with Gasteiger partial charge in [0.2, 0.25) is 0 Å². The molecule has 14 rings (SSSR count). The molecule has 0 amide bonds. The van der Waals surface area contributed by atoms with Crippen LogP contribution in [0.2, 0.25) is 0 Å². The summed E-state index contributed by atoms with van der Waals surface area (Å²) in [5.41, 5.74) is 12.8. The fraction of sp³-hybridized carbons (Fsp3) is 0.0323. The molecule has 0 bridgehead atoms. The number of aryl methyl sites for hydroxylation is 2. The van der Waals surface area contributed by atoms with Crippen molar-refractivity contribution in [3.8, 4) is 11.1 Å². The second-order valence-electron chi connectivity index (χ2n) is 17.1. The van der Waals surface area contributed by atoms with Crippen LogP contribution in [0.15, 0.2) is 239 Å². The van der Waals surface area contributed by atoms with Crippen LogP contribution in [0.4, 0.5) is 0 Å². The maximum Gasteiger partial charge on any atom is 0.488 e. The Labute approximate surface area is 465 Å². The van der Waals surface area contributed by atoms with Crippen LogP contribution in [0.1, 0.15) is 11.1 Å². The fourth-order valence-electron chi connectivity index (χ4n) is 8.86. The molecule has 0 aliphatic carbocycles. The Balaban J connectivity index is 0.000000107. The van der Waals surface area contributed by atoms with E-state index in [9.17, 15) is 0 Å². The first-order chi connectivity index (χ1) is 35.5. The van der Waals surface area contributed by atoms with Crippen molar-refractivity contribution in [3.63, 3.8) is 0 Å². The molecular formula is C62H43BBr2I2O6. The van der Waals surface area contributed by atoms with Crippen LogP contribution in [0, 0.1) is 21.0 Å². The maximum absolute atomic E-state index is 8.76. The third-order valence-electron chi connectivity index (χ3n) is 12.4. The molecule has 0 saturated carbocycles. The topological polar surface area (TPSA) is 93.0 Å². The number of furan rings is 4. The van der Waals surface area contributed by atoms with Crippen molar-refractivity contribution in [2.75, 3.05) is 0 Å². The van der Waals surface area contributed by atoms with Crippen LogP contribution < -0.4 is 5.46 Å². The molecule has 0 aliphatic rings. The van der Waals surface area contributed by atoms with Crippen molar-refractivity contribution in [2.45, 2.75) is 13.8 Å². The van der Waals surface area contributed by atoms with E-state index in [2.05, 4.69) is 193 Å². The Morgan fingerprint density at radius 2 is 0.712 bits per heavy atom. The summed E-state index contributed by atoms with van der Waals surface area (Å²) in [4.78, 5) is 0. The van der Waals surface area contributed by atoms with Crippen LogP contribution in [-0.2, 0) is 0 Å². The van der Waals surface area contributed by atoms with Gasteiger partial charge in [-0.2, -0.15) is 0 Å². The monoisotopic (exact) mass is 1310 g/mol. The first kappa shape index (κ1) is 50.3. The third-order valence-corrected chi connectivity index (χ3v) is 15.1. The fourth-order valence-corrected chi connectivity index (χ4v) is 10.8. The summed E-state index contributed by atoms with van der Waals surface area (Å²) in [5, 5.41) is 27.0. The Bertz CT molecular complexity index is 4200. The molecule has 6 nitrogen and oxygen atoms in total. The van der Waals surface area contributed by atoms with Gasteiger partial charge < -0.3 is 27.7 Å². The summed E-state index contributed by atoms with van der Waals surface area (Å²) in [6.07, 6.45) is 0. The number of hydrogen-bond acceptors (Lipinski definition) is 6. The Morgan fingerprint density at radius 3 is 1.22 bits per heavy atom. The lowest BCUT2D eigenvalue weighted by Crippen LogP contribution is -2.31. The zero-order valence-corrected chi connectivity index (χ0v) is 46.8. The van der Waals surface area contributed by atoms with Gasteiger partial charge >= 0.3 is 7.12 Å². The van der Waals surface area contributed by atoms with Crippen molar-refractivity contribution < 1.29 is 27.7 Å². The zero-order valence-electron chi connectivity index (χ0n) is 39.3. The molecule has 0 spiro atoms. The number of para-hydroxylation sites is 6. The highest BCUT2D eigenvalue weighted by Gasteiger charge is 2.15. The number of benzene rings is 10. The molecule has 2 N–H and O–H groups in total. The number of rotatable bonds is 2. The van der Waals surface area contributed by atoms with Crippen LogP contribution in [0.3, 0.4) is 0 Å². The van der Waals surface area contributed by atoms with E-state index in [1.54, 1.807) is 12.1 Å². The Hall–Kier alpha value is -6.20. The van der Waals surface area contributed by atoms with Crippen LogP contribution >= 0.6 is 77.0 Å². The summed E-state index contributed by atoms with van der Waals surface area (Å²) >= 11 is 11.6. The minimum absolute atomic E-state index is 0.572.